The molecule has 0 saturated heterocycles. The van der Waals surface area contributed by atoms with E-state index in [0.717, 1.165) is 16.9 Å². The van der Waals surface area contributed by atoms with Crippen molar-refractivity contribution in [2.24, 2.45) is 0 Å². The van der Waals surface area contributed by atoms with Crippen LogP contribution in [0, 0.1) is 6.92 Å². The van der Waals surface area contributed by atoms with Crippen LogP contribution >= 0.6 is 0 Å². The van der Waals surface area contributed by atoms with Crippen LogP contribution in [0.3, 0.4) is 0 Å². The Kier molecular flexibility index (Phi) is 2.00. The van der Waals surface area contributed by atoms with E-state index in [2.05, 4.69) is 9.82 Å². The van der Waals surface area contributed by atoms with Gasteiger partial charge in [-0.1, -0.05) is 0 Å². The Morgan fingerprint density at radius 1 is 1.64 bits per heavy atom. The van der Waals surface area contributed by atoms with E-state index < -0.39 is 10.2 Å². The van der Waals surface area contributed by atoms with Crippen molar-refractivity contribution in [3.63, 3.8) is 0 Å². The Bertz CT molecular complexity index is 446. The lowest BCUT2D eigenvalue weighted by Gasteiger charge is -2.05. The van der Waals surface area contributed by atoms with Gasteiger partial charge in [-0.25, -0.2) is 0 Å². The first-order valence-corrected chi connectivity index (χ1v) is 5.78. The quantitative estimate of drug-likeness (QED) is 0.720. The fourth-order valence-corrected chi connectivity index (χ4v) is 2.58. The van der Waals surface area contributed by atoms with Crippen LogP contribution in [0.25, 0.3) is 0 Å². The SMILES string of the molecule is Cc1cc(N)nn1S(=O)(=O)NC1CC1. The molecule has 0 atom stereocenters. The molecule has 78 valence electrons. The molecule has 1 aromatic rings. The van der Waals surface area contributed by atoms with Crippen LogP contribution in [0.4, 0.5) is 5.82 Å². The number of nitrogens with two attached hydrogens (primary N) is 1. The van der Waals surface area contributed by atoms with Gasteiger partial charge in [0.25, 0.3) is 0 Å². The second-order valence-electron chi connectivity index (χ2n) is 3.45. The monoisotopic (exact) mass is 216 g/mol. The Labute approximate surface area is 82.3 Å². The van der Waals surface area contributed by atoms with Crippen LogP contribution in [-0.4, -0.2) is 23.6 Å². The number of nitrogen functional groups attached to an aromatic ring is 1. The van der Waals surface area contributed by atoms with E-state index in [9.17, 15) is 8.42 Å². The van der Waals surface area contributed by atoms with Gasteiger partial charge >= 0.3 is 10.2 Å². The van der Waals surface area contributed by atoms with E-state index in [0.29, 0.717) is 5.69 Å². The highest BCUT2D eigenvalue weighted by atomic mass is 32.2. The highest BCUT2D eigenvalue weighted by Crippen LogP contribution is 2.20. The number of rotatable bonds is 3. The van der Waals surface area contributed by atoms with E-state index in [1.807, 2.05) is 0 Å². The smallest absolute Gasteiger partial charge is 0.320 e. The zero-order valence-electron chi connectivity index (χ0n) is 7.77. The molecule has 0 spiro atoms. The molecule has 1 aromatic heterocycles. The second-order valence-corrected chi connectivity index (χ2v) is 4.98. The normalized spacial score (nSPS) is 17.2. The second kappa shape index (κ2) is 2.96. The molecule has 1 aliphatic carbocycles. The topological polar surface area (TPSA) is 90.0 Å². The fraction of sp³-hybridized carbons (Fsp3) is 0.571. The summed E-state index contributed by atoms with van der Waals surface area (Å²) >= 11 is 0. The summed E-state index contributed by atoms with van der Waals surface area (Å²) in [6.07, 6.45) is 1.80. The third-order valence-electron chi connectivity index (χ3n) is 1.99. The molecule has 0 bridgehead atoms. The molecule has 6 nitrogen and oxygen atoms in total. The maximum atomic E-state index is 11.7. The van der Waals surface area contributed by atoms with E-state index in [1.54, 1.807) is 6.92 Å². The van der Waals surface area contributed by atoms with Crippen LogP contribution in [0.1, 0.15) is 18.5 Å². The van der Waals surface area contributed by atoms with Gasteiger partial charge in [0.2, 0.25) is 0 Å². The van der Waals surface area contributed by atoms with Crippen molar-refractivity contribution >= 4 is 16.0 Å². The Morgan fingerprint density at radius 3 is 2.71 bits per heavy atom. The molecular weight excluding hydrogens is 204 g/mol. The maximum Gasteiger partial charge on any atom is 0.320 e. The minimum absolute atomic E-state index is 0.0739. The van der Waals surface area contributed by atoms with Crippen molar-refractivity contribution in [3.8, 4) is 0 Å². The van der Waals surface area contributed by atoms with E-state index >= 15 is 0 Å². The lowest BCUT2D eigenvalue weighted by atomic mass is 10.5. The van der Waals surface area contributed by atoms with Crippen molar-refractivity contribution < 1.29 is 8.42 Å². The molecule has 0 aliphatic heterocycles. The summed E-state index contributed by atoms with van der Waals surface area (Å²) in [5.41, 5.74) is 5.91. The largest absolute Gasteiger partial charge is 0.382 e. The average molecular weight is 216 g/mol. The molecule has 14 heavy (non-hydrogen) atoms. The molecule has 0 radical (unpaired) electrons. The predicted octanol–water partition coefficient (Wildman–Crippen LogP) is -0.381. The highest BCUT2D eigenvalue weighted by molar-refractivity contribution is 7.87. The molecule has 0 aromatic carbocycles. The van der Waals surface area contributed by atoms with Gasteiger partial charge in [0.15, 0.2) is 0 Å². The van der Waals surface area contributed by atoms with Gasteiger partial charge in [0.1, 0.15) is 5.82 Å². The van der Waals surface area contributed by atoms with Crippen LogP contribution in [0.15, 0.2) is 6.07 Å². The maximum absolute atomic E-state index is 11.7. The minimum atomic E-state index is -3.53. The van der Waals surface area contributed by atoms with Crippen molar-refractivity contribution in [1.82, 2.24) is 13.9 Å². The predicted molar refractivity (Wildman–Crippen MR) is 51.9 cm³/mol. The number of anilines is 1. The van der Waals surface area contributed by atoms with Gasteiger partial charge in [-0.3, -0.25) is 0 Å². The zero-order valence-corrected chi connectivity index (χ0v) is 8.58. The van der Waals surface area contributed by atoms with Gasteiger partial charge in [-0.05, 0) is 19.8 Å². The summed E-state index contributed by atoms with van der Waals surface area (Å²) < 4.78 is 26.8. The Balaban J connectivity index is 2.32. The third kappa shape index (κ3) is 1.73. The van der Waals surface area contributed by atoms with Gasteiger partial charge in [0.05, 0.1) is 5.69 Å². The van der Waals surface area contributed by atoms with E-state index in [-0.39, 0.29) is 11.9 Å². The highest BCUT2D eigenvalue weighted by Gasteiger charge is 2.29. The van der Waals surface area contributed by atoms with Gasteiger partial charge in [-0.15, -0.1) is 9.19 Å². The van der Waals surface area contributed by atoms with Crippen LogP contribution in [0.2, 0.25) is 0 Å². The Morgan fingerprint density at radius 2 is 2.29 bits per heavy atom. The summed E-state index contributed by atoms with van der Waals surface area (Å²) in [6, 6.07) is 1.59. The number of nitrogens with one attached hydrogen (secondary N) is 1. The first-order valence-electron chi connectivity index (χ1n) is 4.34. The number of aryl methyl sites for hydroxylation is 1. The van der Waals surface area contributed by atoms with Crippen molar-refractivity contribution in [2.75, 3.05) is 5.73 Å². The minimum Gasteiger partial charge on any atom is -0.382 e. The van der Waals surface area contributed by atoms with Gasteiger partial charge in [-0.2, -0.15) is 13.1 Å². The lowest BCUT2D eigenvalue weighted by Crippen LogP contribution is -2.33. The first-order chi connectivity index (χ1) is 6.49. The fourth-order valence-electron chi connectivity index (χ4n) is 1.19. The number of aromatic nitrogens is 2. The molecule has 7 heteroatoms. The zero-order chi connectivity index (χ0) is 10.3. The van der Waals surface area contributed by atoms with Crippen LogP contribution in [0.5, 0.6) is 0 Å². The molecule has 1 heterocycles. The number of hydrogen-bond donors (Lipinski definition) is 2. The number of hydrogen-bond acceptors (Lipinski definition) is 4. The molecule has 0 unspecified atom stereocenters. The lowest BCUT2D eigenvalue weighted by molar-refractivity contribution is 0.562. The molecule has 1 fully saturated rings. The molecule has 1 aliphatic rings. The molecule has 2 rings (SSSR count). The molecular formula is C7H12N4O2S. The van der Waals surface area contributed by atoms with E-state index in [4.69, 9.17) is 5.73 Å². The summed E-state index contributed by atoms with van der Waals surface area (Å²) in [4.78, 5) is 0. The number of nitrogens with zero attached hydrogens (tertiary/aromatic N) is 2. The third-order valence-corrected chi connectivity index (χ3v) is 3.44. The molecule has 3 N–H and O–H groups in total. The summed E-state index contributed by atoms with van der Waals surface area (Å²) in [6.45, 7) is 1.65. The van der Waals surface area contributed by atoms with Gasteiger partial charge < -0.3 is 5.73 Å². The summed E-state index contributed by atoms with van der Waals surface area (Å²) in [7, 11) is -3.53. The molecule has 0 amide bonds. The van der Waals surface area contributed by atoms with E-state index in [1.165, 1.54) is 6.07 Å². The summed E-state index contributed by atoms with van der Waals surface area (Å²) in [5.74, 6) is 0.212. The molecule has 1 saturated carbocycles. The Hall–Kier alpha value is -1.08. The van der Waals surface area contributed by atoms with Crippen LogP contribution < -0.4 is 10.5 Å². The van der Waals surface area contributed by atoms with Crippen molar-refractivity contribution in [2.45, 2.75) is 25.8 Å². The standard InChI is InChI=1S/C7H12N4O2S/c1-5-4-7(8)9-11(5)14(12,13)10-6-2-3-6/h4,6,10H,2-3H2,1H3,(H2,8,9). The van der Waals surface area contributed by atoms with Crippen LogP contribution in [-0.2, 0) is 10.2 Å². The first kappa shape index (κ1) is 9.47. The van der Waals surface area contributed by atoms with Crippen molar-refractivity contribution in [1.29, 1.82) is 0 Å². The average Bonchev–Trinajstić information content (AvgIpc) is 2.76. The summed E-state index contributed by atoms with van der Waals surface area (Å²) in [5, 5.41) is 3.71. The van der Waals surface area contributed by atoms with Gasteiger partial charge in [0, 0.05) is 12.1 Å². The van der Waals surface area contributed by atoms with Crippen molar-refractivity contribution in [3.05, 3.63) is 11.8 Å².